The van der Waals surface area contributed by atoms with Crippen LogP contribution in [0.4, 0.5) is 0 Å². The number of esters is 2. The maximum Gasteiger partial charge on any atom is 0.306 e. The maximum atomic E-state index is 13.0. The van der Waals surface area contributed by atoms with Crippen molar-refractivity contribution in [3.8, 4) is 0 Å². The Morgan fingerprint density at radius 3 is 1.50 bits per heavy atom. The Kier molecular flexibility index (Phi) is 34.6. The van der Waals surface area contributed by atoms with Gasteiger partial charge in [-0.25, -0.2) is 0 Å². The number of carbonyl (C=O) groups is 2. The van der Waals surface area contributed by atoms with Crippen molar-refractivity contribution < 1.29 is 73.8 Å². The van der Waals surface area contributed by atoms with Crippen LogP contribution < -0.4 is 0 Å². The van der Waals surface area contributed by atoms with Crippen LogP contribution in [-0.4, -0.2) is 142 Å². The van der Waals surface area contributed by atoms with Crippen LogP contribution in [0.25, 0.3) is 0 Å². The topological polar surface area (TPSA) is 231 Å². The summed E-state index contributed by atoms with van der Waals surface area (Å²) >= 11 is 0. The molecule has 2 fully saturated rings. The second-order valence-electron chi connectivity index (χ2n) is 17.6. The Bertz CT molecular complexity index is 1340. The van der Waals surface area contributed by atoms with Gasteiger partial charge in [0.25, 0.3) is 0 Å². The summed E-state index contributed by atoms with van der Waals surface area (Å²) in [6, 6.07) is 0. The van der Waals surface area contributed by atoms with Gasteiger partial charge >= 0.3 is 11.9 Å². The summed E-state index contributed by atoms with van der Waals surface area (Å²) < 4.78 is 33.5. The normalized spacial score (nSPS) is 26.6. The fourth-order valence-electron chi connectivity index (χ4n) is 7.57. The molecule has 15 nitrogen and oxygen atoms in total. The molecule has 2 rings (SSSR count). The smallest absolute Gasteiger partial charge is 0.306 e. The van der Waals surface area contributed by atoms with Gasteiger partial charge in [0.05, 0.1) is 19.8 Å². The van der Waals surface area contributed by atoms with E-state index in [0.717, 1.165) is 70.6 Å². The Hall–Kier alpha value is -2.54. The number of rotatable bonds is 38. The number of ether oxygens (including phenoxy) is 6. The van der Waals surface area contributed by atoms with E-state index in [9.17, 15) is 45.3 Å². The summed E-state index contributed by atoms with van der Waals surface area (Å²) in [5.74, 6) is -0.981. The highest BCUT2D eigenvalue weighted by Gasteiger charge is 2.47. The first-order valence-electron chi connectivity index (χ1n) is 25.2. The average molecular weight is 941 g/mol. The van der Waals surface area contributed by atoms with Crippen molar-refractivity contribution in [2.75, 3.05) is 26.4 Å². The fourth-order valence-corrected chi connectivity index (χ4v) is 7.57. The van der Waals surface area contributed by atoms with Crippen molar-refractivity contribution in [2.45, 2.75) is 235 Å². The summed E-state index contributed by atoms with van der Waals surface area (Å²) in [7, 11) is 0. The lowest BCUT2D eigenvalue weighted by Gasteiger charge is -2.42. The summed E-state index contributed by atoms with van der Waals surface area (Å²) in [6.45, 7) is 2.49. The molecule has 0 amide bonds. The van der Waals surface area contributed by atoms with Crippen LogP contribution in [-0.2, 0) is 38.0 Å². The minimum absolute atomic E-state index is 0.146. The molecule has 0 saturated carbocycles. The third kappa shape index (κ3) is 26.3. The number of unbranched alkanes of at least 4 members (excludes halogenated alkanes) is 16. The zero-order valence-electron chi connectivity index (χ0n) is 40.2. The largest absolute Gasteiger partial charge is 0.462 e. The summed E-state index contributed by atoms with van der Waals surface area (Å²) in [5, 5.41) is 72.0. The first-order valence-corrected chi connectivity index (χ1v) is 25.2. The van der Waals surface area contributed by atoms with Gasteiger partial charge in [0.2, 0.25) is 0 Å². The van der Waals surface area contributed by atoms with Crippen LogP contribution in [0.15, 0.2) is 48.6 Å². The molecule has 0 radical (unpaired) electrons. The van der Waals surface area contributed by atoms with Crippen LogP contribution in [0.2, 0.25) is 0 Å². The Morgan fingerprint density at radius 2 is 0.909 bits per heavy atom. The van der Waals surface area contributed by atoms with Crippen molar-refractivity contribution >= 4 is 11.9 Å². The van der Waals surface area contributed by atoms with E-state index in [4.69, 9.17) is 28.4 Å². The minimum Gasteiger partial charge on any atom is -0.462 e. The lowest BCUT2D eigenvalue weighted by molar-refractivity contribution is -0.332. The van der Waals surface area contributed by atoms with E-state index in [2.05, 4.69) is 62.5 Å². The number of allylic oxidation sites excluding steroid dienone is 8. The van der Waals surface area contributed by atoms with Gasteiger partial charge in [-0.15, -0.1) is 0 Å². The van der Waals surface area contributed by atoms with Crippen molar-refractivity contribution in [1.29, 1.82) is 0 Å². The van der Waals surface area contributed by atoms with Crippen LogP contribution in [0.5, 0.6) is 0 Å². The van der Waals surface area contributed by atoms with Gasteiger partial charge in [-0.1, -0.05) is 127 Å². The first-order chi connectivity index (χ1) is 32.0. The molecule has 0 aromatic carbocycles. The van der Waals surface area contributed by atoms with Gasteiger partial charge in [-0.2, -0.15) is 0 Å². The molecule has 0 aromatic rings. The number of carbonyl (C=O) groups excluding carboxylic acids is 2. The highest BCUT2D eigenvalue weighted by Crippen LogP contribution is 2.26. The molecule has 2 aliphatic heterocycles. The highest BCUT2D eigenvalue weighted by atomic mass is 16.7. The second kappa shape index (κ2) is 38.3. The molecule has 382 valence electrons. The zero-order chi connectivity index (χ0) is 48.2. The van der Waals surface area contributed by atoms with E-state index in [-0.39, 0.29) is 19.4 Å². The Morgan fingerprint density at radius 1 is 0.485 bits per heavy atom. The highest BCUT2D eigenvalue weighted by molar-refractivity contribution is 5.70. The van der Waals surface area contributed by atoms with Gasteiger partial charge in [-0.05, 0) is 77.0 Å². The fraction of sp³-hybridized carbons (Fsp3) is 0.804. The average Bonchev–Trinajstić information content (AvgIpc) is 3.31. The van der Waals surface area contributed by atoms with E-state index >= 15 is 0 Å². The SMILES string of the molecule is CCCCC/C=C/C/C=C/C/C=C/CCCCC(=O)OC[C@H](CO[C@@H]1O[C@H](CO[C@@H]2O[C@H](CO)[C@H](O)C(O)C2O)[C@H](O)C(O)C1O)OC(=O)CCCCCCC/C=C/CCCCCCCC. The zero-order valence-corrected chi connectivity index (χ0v) is 40.2. The molecular weight excluding hydrogens is 853 g/mol. The summed E-state index contributed by atoms with van der Waals surface area (Å²) in [5.41, 5.74) is 0. The van der Waals surface area contributed by atoms with Gasteiger partial charge in [0.1, 0.15) is 55.4 Å². The molecule has 0 aromatic heterocycles. The lowest BCUT2D eigenvalue weighted by atomic mass is 9.98. The molecule has 0 spiro atoms. The van der Waals surface area contributed by atoms with E-state index in [1.165, 1.54) is 57.8 Å². The van der Waals surface area contributed by atoms with E-state index in [1.54, 1.807) is 0 Å². The monoisotopic (exact) mass is 941 g/mol. The maximum absolute atomic E-state index is 13.0. The third-order valence-electron chi connectivity index (χ3n) is 11.8. The van der Waals surface area contributed by atoms with E-state index < -0.39 is 99.3 Å². The minimum atomic E-state index is -1.77. The molecule has 2 aliphatic rings. The Balaban J connectivity index is 1.85. The number of aliphatic hydroxyl groups excluding tert-OH is 7. The third-order valence-corrected chi connectivity index (χ3v) is 11.8. The second-order valence-corrected chi connectivity index (χ2v) is 17.6. The van der Waals surface area contributed by atoms with Crippen molar-refractivity contribution in [3.63, 3.8) is 0 Å². The molecule has 11 atom stereocenters. The molecule has 2 saturated heterocycles. The molecule has 7 N–H and O–H groups in total. The predicted octanol–water partition coefficient (Wildman–Crippen LogP) is 6.71. The molecule has 2 heterocycles. The molecule has 66 heavy (non-hydrogen) atoms. The first kappa shape index (κ1) is 59.6. The summed E-state index contributed by atoms with van der Waals surface area (Å²) in [6.07, 6.45) is 24.3. The number of hydrogen-bond acceptors (Lipinski definition) is 15. The molecule has 0 aliphatic carbocycles. The van der Waals surface area contributed by atoms with E-state index in [1.807, 2.05) is 0 Å². The van der Waals surface area contributed by atoms with Gasteiger partial charge < -0.3 is 64.2 Å². The standard InChI is InChI=1S/C51H88O15/c1-3-5-7-9-11-13-15-17-19-21-23-25-27-29-31-33-42(53)61-36-39(64-43(54)34-32-30-28-26-24-22-20-18-16-14-12-10-8-6-4-2)37-62-50-49(60)47(58)45(56)41(66-50)38-63-51-48(59)46(57)44(55)40(35-52)65-51/h11,13,17-20,23,25,39-41,44-52,55-60H,3-10,12,14-16,21-22,24,26-38H2,1-2H3/b13-11+,19-17+,20-18+,25-23+/t39-,40-,41-,44+,45+,46?,47?,48?,49?,50-,51-/m1/s1. The van der Waals surface area contributed by atoms with Gasteiger partial charge in [-0.3, -0.25) is 9.59 Å². The Labute approximate surface area is 395 Å². The van der Waals surface area contributed by atoms with Crippen LogP contribution in [0, 0.1) is 0 Å². The lowest BCUT2D eigenvalue weighted by Crippen LogP contribution is -2.61. The number of aliphatic hydroxyl groups is 7. The predicted molar refractivity (Wildman–Crippen MR) is 252 cm³/mol. The van der Waals surface area contributed by atoms with E-state index in [0.29, 0.717) is 12.8 Å². The quantitative estimate of drug-likeness (QED) is 0.0194. The van der Waals surface area contributed by atoms with Crippen LogP contribution in [0.3, 0.4) is 0 Å². The molecule has 0 bridgehead atoms. The molecule has 4 unspecified atom stereocenters. The van der Waals surface area contributed by atoms with Gasteiger partial charge in [0, 0.05) is 12.8 Å². The van der Waals surface area contributed by atoms with Crippen molar-refractivity contribution in [1.82, 2.24) is 0 Å². The van der Waals surface area contributed by atoms with Crippen molar-refractivity contribution in [2.24, 2.45) is 0 Å². The van der Waals surface area contributed by atoms with Gasteiger partial charge in [0.15, 0.2) is 18.7 Å². The number of hydrogen-bond donors (Lipinski definition) is 7. The van der Waals surface area contributed by atoms with Crippen molar-refractivity contribution in [3.05, 3.63) is 48.6 Å². The van der Waals surface area contributed by atoms with Crippen LogP contribution in [0.1, 0.15) is 168 Å². The molecule has 15 heteroatoms. The molecular formula is C51H88O15. The van der Waals surface area contributed by atoms with Crippen LogP contribution >= 0.6 is 0 Å². The summed E-state index contributed by atoms with van der Waals surface area (Å²) in [4.78, 5) is 25.7.